The Morgan fingerprint density at radius 1 is 1.18 bits per heavy atom. The molecule has 0 aliphatic carbocycles. The normalized spacial score (nSPS) is 15.3. The Morgan fingerprint density at radius 2 is 1.91 bits per heavy atom. The highest BCUT2D eigenvalue weighted by molar-refractivity contribution is 7.80. The number of rotatable bonds is 7. The van der Waals surface area contributed by atoms with Crippen LogP contribution >= 0.6 is 12.2 Å². The van der Waals surface area contributed by atoms with Crippen molar-refractivity contribution in [3.63, 3.8) is 0 Å². The largest absolute Gasteiger partial charge is 0.379 e. The van der Waals surface area contributed by atoms with Crippen LogP contribution in [0.3, 0.4) is 0 Å². The van der Waals surface area contributed by atoms with Crippen molar-refractivity contribution in [2.45, 2.75) is 33.4 Å². The highest BCUT2D eigenvalue weighted by Gasteiger charge is 2.18. The lowest BCUT2D eigenvalue weighted by Crippen LogP contribution is -2.46. The van der Waals surface area contributed by atoms with E-state index in [4.69, 9.17) is 17.0 Å². The first-order valence-corrected chi connectivity index (χ1v) is 12.3. The van der Waals surface area contributed by atoms with Crippen molar-refractivity contribution in [1.29, 1.82) is 0 Å². The standard InChI is InChI=1S/C27H34N4O2S/c1-19-15-20(2)25-23(16-19)17-24(26(32)29-25)18-31(10-9-30-11-13-33-14-12-30)27(34)28-21(3)22-7-5-4-6-8-22/h4-8,15-17,21H,9-14,18H2,1-3H3,(H,28,34)(H,29,32)/t21-/m0/s1. The third-order valence-corrected chi connectivity index (χ3v) is 6.82. The average molecular weight is 479 g/mol. The molecule has 2 N–H and O–H groups in total. The highest BCUT2D eigenvalue weighted by Crippen LogP contribution is 2.19. The maximum atomic E-state index is 13.0. The van der Waals surface area contributed by atoms with E-state index in [2.05, 4.69) is 58.2 Å². The van der Waals surface area contributed by atoms with E-state index in [0.29, 0.717) is 11.7 Å². The van der Waals surface area contributed by atoms with Gasteiger partial charge in [0.15, 0.2) is 5.11 Å². The summed E-state index contributed by atoms with van der Waals surface area (Å²) in [4.78, 5) is 20.6. The minimum absolute atomic E-state index is 0.0604. The Kier molecular flexibility index (Phi) is 7.98. The lowest BCUT2D eigenvalue weighted by Gasteiger charge is -2.32. The Labute approximate surface area is 206 Å². The molecule has 4 rings (SSSR count). The summed E-state index contributed by atoms with van der Waals surface area (Å²) in [5.41, 5.74) is 4.99. The van der Waals surface area contributed by atoms with E-state index in [-0.39, 0.29) is 11.6 Å². The van der Waals surface area contributed by atoms with Gasteiger partial charge in [0.2, 0.25) is 0 Å². The van der Waals surface area contributed by atoms with Crippen LogP contribution in [0.25, 0.3) is 10.9 Å². The number of ether oxygens (including phenoxy) is 1. The summed E-state index contributed by atoms with van der Waals surface area (Å²) in [6.07, 6.45) is 0. The lowest BCUT2D eigenvalue weighted by molar-refractivity contribution is 0.0357. The van der Waals surface area contributed by atoms with Crippen molar-refractivity contribution in [1.82, 2.24) is 20.1 Å². The molecule has 0 spiro atoms. The zero-order valence-corrected chi connectivity index (χ0v) is 21.1. The van der Waals surface area contributed by atoms with Crippen LogP contribution in [0.5, 0.6) is 0 Å². The monoisotopic (exact) mass is 478 g/mol. The second-order valence-corrected chi connectivity index (χ2v) is 9.51. The van der Waals surface area contributed by atoms with E-state index in [0.717, 1.165) is 61.4 Å². The molecule has 34 heavy (non-hydrogen) atoms. The molecule has 1 aliphatic heterocycles. The first kappa shape index (κ1) is 24.4. The number of aromatic nitrogens is 1. The van der Waals surface area contributed by atoms with E-state index in [1.807, 2.05) is 31.2 Å². The molecule has 0 radical (unpaired) electrons. The summed E-state index contributed by atoms with van der Waals surface area (Å²) in [6, 6.07) is 16.6. The molecule has 0 bridgehead atoms. The van der Waals surface area contributed by atoms with Gasteiger partial charge in [-0.15, -0.1) is 0 Å². The summed E-state index contributed by atoms with van der Waals surface area (Å²) < 4.78 is 5.49. The summed E-state index contributed by atoms with van der Waals surface area (Å²) >= 11 is 5.86. The minimum atomic E-state index is -0.0604. The van der Waals surface area contributed by atoms with Crippen LogP contribution < -0.4 is 10.9 Å². The molecule has 0 amide bonds. The predicted octanol–water partition coefficient (Wildman–Crippen LogP) is 3.91. The number of H-pyrrole nitrogens is 1. The number of thiocarbonyl (C=S) groups is 1. The van der Waals surface area contributed by atoms with Gasteiger partial charge < -0.3 is 19.9 Å². The second-order valence-electron chi connectivity index (χ2n) is 9.13. The summed E-state index contributed by atoms with van der Waals surface area (Å²) in [5, 5.41) is 5.19. The number of nitrogens with zero attached hydrogens (tertiary/aromatic N) is 2. The van der Waals surface area contributed by atoms with Gasteiger partial charge in [0.25, 0.3) is 5.56 Å². The summed E-state index contributed by atoms with van der Waals surface area (Å²) in [5.74, 6) is 0. The average Bonchev–Trinajstić information content (AvgIpc) is 2.83. The van der Waals surface area contributed by atoms with Gasteiger partial charge >= 0.3 is 0 Å². The zero-order valence-electron chi connectivity index (χ0n) is 20.3. The van der Waals surface area contributed by atoms with Gasteiger partial charge in [-0.05, 0) is 61.6 Å². The van der Waals surface area contributed by atoms with Crippen LogP contribution in [0.4, 0.5) is 0 Å². The van der Waals surface area contributed by atoms with Crippen LogP contribution in [-0.4, -0.2) is 59.3 Å². The number of nitrogens with one attached hydrogen (secondary N) is 2. The quantitative estimate of drug-likeness (QED) is 0.502. The van der Waals surface area contributed by atoms with Crippen molar-refractivity contribution in [2.75, 3.05) is 39.4 Å². The van der Waals surface area contributed by atoms with E-state index in [1.165, 1.54) is 11.1 Å². The maximum absolute atomic E-state index is 13.0. The molecule has 1 aromatic heterocycles. The lowest BCUT2D eigenvalue weighted by atomic mass is 10.1. The molecule has 1 fully saturated rings. The van der Waals surface area contributed by atoms with Crippen LogP contribution in [0, 0.1) is 13.8 Å². The molecular weight excluding hydrogens is 444 g/mol. The van der Waals surface area contributed by atoms with E-state index >= 15 is 0 Å². The van der Waals surface area contributed by atoms with Crippen LogP contribution in [-0.2, 0) is 11.3 Å². The van der Waals surface area contributed by atoms with Crippen molar-refractivity contribution >= 4 is 28.2 Å². The smallest absolute Gasteiger partial charge is 0.253 e. The summed E-state index contributed by atoms with van der Waals surface area (Å²) in [6.45, 7) is 11.6. The van der Waals surface area contributed by atoms with Crippen LogP contribution in [0.1, 0.15) is 35.2 Å². The summed E-state index contributed by atoms with van der Waals surface area (Å²) in [7, 11) is 0. The first-order chi connectivity index (χ1) is 16.4. The van der Waals surface area contributed by atoms with Crippen LogP contribution in [0.15, 0.2) is 53.3 Å². The Bertz CT molecular complexity index is 1190. The molecule has 2 heterocycles. The number of morpholine rings is 1. The zero-order chi connectivity index (χ0) is 24.1. The molecule has 1 saturated heterocycles. The van der Waals surface area contributed by atoms with Gasteiger partial charge in [0.1, 0.15) is 0 Å². The van der Waals surface area contributed by atoms with E-state index < -0.39 is 0 Å². The molecule has 6 nitrogen and oxygen atoms in total. The van der Waals surface area contributed by atoms with Gasteiger partial charge in [-0.3, -0.25) is 9.69 Å². The fourth-order valence-corrected chi connectivity index (χ4v) is 4.83. The Hall–Kier alpha value is -2.74. The number of benzene rings is 2. The number of aryl methyl sites for hydroxylation is 2. The number of fused-ring (bicyclic) bond motifs is 1. The van der Waals surface area contributed by atoms with Gasteiger partial charge in [0, 0.05) is 31.7 Å². The van der Waals surface area contributed by atoms with Gasteiger partial charge in [0.05, 0.1) is 31.3 Å². The van der Waals surface area contributed by atoms with Gasteiger partial charge in [-0.25, -0.2) is 0 Å². The van der Waals surface area contributed by atoms with Gasteiger partial charge in [-0.2, -0.15) is 0 Å². The fraction of sp³-hybridized carbons (Fsp3) is 0.407. The number of aromatic amines is 1. The molecule has 2 aromatic carbocycles. The minimum Gasteiger partial charge on any atom is -0.379 e. The highest BCUT2D eigenvalue weighted by atomic mass is 32.1. The van der Waals surface area contributed by atoms with E-state index in [1.54, 1.807) is 0 Å². The molecule has 180 valence electrons. The second kappa shape index (κ2) is 11.1. The molecule has 1 aliphatic rings. The van der Waals surface area contributed by atoms with Crippen molar-refractivity contribution < 1.29 is 4.74 Å². The van der Waals surface area contributed by atoms with Crippen LogP contribution in [0.2, 0.25) is 0 Å². The molecule has 0 unspecified atom stereocenters. The topological polar surface area (TPSA) is 60.6 Å². The molecular formula is C27H34N4O2S. The third-order valence-electron chi connectivity index (χ3n) is 6.45. The number of hydrogen-bond acceptors (Lipinski definition) is 4. The predicted molar refractivity (Wildman–Crippen MR) is 142 cm³/mol. The maximum Gasteiger partial charge on any atom is 0.253 e. The molecule has 7 heteroatoms. The van der Waals surface area contributed by atoms with Crippen molar-refractivity contribution in [3.05, 3.63) is 81.1 Å². The van der Waals surface area contributed by atoms with Crippen molar-refractivity contribution in [3.8, 4) is 0 Å². The van der Waals surface area contributed by atoms with Gasteiger partial charge in [-0.1, -0.05) is 42.0 Å². The number of pyridine rings is 1. The molecule has 1 atom stereocenters. The molecule has 3 aromatic rings. The van der Waals surface area contributed by atoms with E-state index in [9.17, 15) is 4.79 Å². The molecule has 0 saturated carbocycles. The Balaban J connectivity index is 1.56. The fourth-order valence-electron chi connectivity index (χ4n) is 4.50. The Morgan fingerprint density at radius 3 is 2.65 bits per heavy atom. The first-order valence-electron chi connectivity index (χ1n) is 11.9. The van der Waals surface area contributed by atoms with Crippen molar-refractivity contribution in [2.24, 2.45) is 0 Å². The number of hydrogen-bond donors (Lipinski definition) is 2. The SMILES string of the molecule is Cc1cc(C)c2[nH]c(=O)c(CN(CCN3CCOCC3)C(=S)N[C@@H](C)c3ccccc3)cc2c1. The third kappa shape index (κ3) is 6.03.